The predicted octanol–water partition coefficient (Wildman–Crippen LogP) is 3.08. The van der Waals surface area contributed by atoms with Gasteiger partial charge < -0.3 is 14.6 Å². The Balaban J connectivity index is 1.86. The van der Waals surface area contributed by atoms with Gasteiger partial charge in [0.2, 0.25) is 5.95 Å². The smallest absolute Gasteiger partial charge is 0.203 e. The number of nitrogens with zero attached hydrogens (tertiary/aromatic N) is 2. The summed E-state index contributed by atoms with van der Waals surface area (Å²) in [5.74, 6) is 0.919. The van der Waals surface area contributed by atoms with Crippen LogP contribution in [0.2, 0.25) is 0 Å². The number of rotatable bonds is 8. The van der Waals surface area contributed by atoms with E-state index in [1.165, 1.54) is 11.1 Å². The minimum absolute atomic E-state index is 0.780. The van der Waals surface area contributed by atoms with Crippen molar-refractivity contribution in [1.29, 1.82) is 0 Å². The maximum atomic E-state index is 5.32. The standard InChI is InChI=1S/C16H23N3O/c1-3-20-12-4-9-17-16-18-10-11-19(16)13-15-7-5-14(2)6-8-15/h5-8,10-11H,3-4,9,12-13H2,1-2H3,(H,17,18). The zero-order valence-electron chi connectivity index (χ0n) is 12.3. The predicted molar refractivity (Wildman–Crippen MR) is 82.1 cm³/mol. The van der Waals surface area contributed by atoms with Gasteiger partial charge in [-0.05, 0) is 25.8 Å². The highest BCUT2D eigenvalue weighted by atomic mass is 16.5. The first kappa shape index (κ1) is 14.6. The van der Waals surface area contributed by atoms with Crippen molar-refractivity contribution in [1.82, 2.24) is 9.55 Å². The Bertz CT molecular complexity index is 505. The number of ether oxygens (including phenoxy) is 1. The zero-order valence-corrected chi connectivity index (χ0v) is 12.3. The van der Waals surface area contributed by atoms with Gasteiger partial charge in [0.15, 0.2) is 0 Å². The molecule has 1 N–H and O–H groups in total. The SMILES string of the molecule is CCOCCCNc1nccn1Cc1ccc(C)cc1. The maximum Gasteiger partial charge on any atom is 0.203 e. The lowest BCUT2D eigenvalue weighted by Gasteiger charge is -2.10. The molecule has 0 aliphatic rings. The van der Waals surface area contributed by atoms with E-state index in [0.29, 0.717) is 0 Å². The van der Waals surface area contributed by atoms with Gasteiger partial charge in [-0.3, -0.25) is 0 Å². The monoisotopic (exact) mass is 273 g/mol. The van der Waals surface area contributed by atoms with Crippen molar-refractivity contribution in [3.05, 3.63) is 47.8 Å². The van der Waals surface area contributed by atoms with Gasteiger partial charge in [0.1, 0.15) is 0 Å². The molecule has 0 saturated carbocycles. The van der Waals surface area contributed by atoms with Crippen LogP contribution < -0.4 is 5.32 Å². The fourth-order valence-electron chi connectivity index (χ4n) is 2.01. The number of nitrogens with one attached hydrogen (secondary N) is 1. The molecule has 1 aromatic carbocycles. The van der Waals surface area contributed by atoms with Gasteiger partial charge in [0.05, 0.1) is 6.54 Å². The Morgan fingerprint density at radius 1 is 1.25 bits per heavy atom. The van der Waals surface area contributed by atoms with E-state index in [4.69, 9.17) is 4.74 Å². The molecule has 20 heavy (non-hydrogen) atoms. The molecule has 0 aliphatic carbocycles. The van der Waals surface area contributed by atoms with Crippen molar-refractivity contribution >= 4 is 5.95 Å². The van der Waals surface area contributed by atoms with Crippen LogP contribution in [-0.4, -0.2) is 29.3 Å². The van der Waals surface area contributed by atoms with Crippen LogP contribution in [0.15, 0.2) is 36.7 Å². The molecular weight excluding hydrogens is 250 g/mol. The molecule has 2 aromatic rings. The third kappa shape index (κ3) is 4.38. The van der Waals surface area contributed by atoms with Gasteiger partial charge in [-0.1, -0.05) is 29.8 Å². The summed E-state index contributed by atoms with van der Waals surface area (Å²) >= 11 is 0. The Hall–Kier alpha value is -1.81. The minimum atomic E-state index is 0.780. The third-order valence-corrected chi connectivity index (χ3v) is 3.14. The topological polar surface area (TPSA) is 39.1 Å². The van der Waals surface area contributed by atoms with Crippen molar-refractivity contribution < 1.29 is 4.74 Å². The van der Waals surface area contributed by atoms with Gasteiger partial charge in [-0.25, -0.2) is 4.98 Å². The molecule has 108 valence electrons. The van der Waals surface area contributed by atoms with Crippen LogP contribution >= 0.6 is 0 Å². The zero-order chi connectivity index (χ0) is 14.2. The van der Waals surface area contributed by atoms with Crippen LogP contribution in [0.25, 0.3) is 0 Å². The fraction of sp³-hybridized carbons (Fsp3) is 0.438. The van der Waals surface area contributed by atoms with Crippen molar-refractivity contribution in [2.24, 2.45) is 0 Å². The molecule has 0 spiro atoms. The van der Waals surface area contributed by atoms with Gasteiger partial charge in [0.25, 0.3) is 0 Å². The summed E-state index contributed by atoms with van der Waals surface area (Å²) in [6, 6.07) is 8.60. The molecular formula is C16H23N3O. The third-order valence-electron chi connectivity index (χ3n) is 3.14. The molecule has 1 heterocycles. The van der Waals surface area contributed by atoms with Crippen LogP contribution in [-0.2, 0) is 11.3 Å². The molecule has 4 nitrogen and oxygen atoms in total. The second-order valence-corrected chi connectivity index (χ2v) is 4.84. The van der Waals surface area contributed by atoms with Gasteiger partial charge in [-0.2, -0.15) is 0 Å². The van der Waals surface area contributed by atoms with Crippen molar-refractivity contribution in [2.75, 3.05) is 25.1 Å². The van der Waals surface area contributed by atoms with Crippen molar-refractivity contribution in [3.8, 4) is 0 Å². The summed E-state index contributed by atoms with van der Waals surface area (Å²) in [6.45, 7) is 7.41. The highest BCUT2D eigenvalue weighted by Crippen LogP contribution is 2.10. The van der Waals surface area contributed by atoms with Gasteiger partial charge in [0, 0.05) is 32.2 Å². The van der Waals surface area contributed by atoms with E-state index in [-0.39, 0.29) is 0 Å². The second-order valence-electron chi connectivity index (χ2n) is 4.84. The van der Waals surface area contributed by atoms with Crippen LogP contribution in [0.3, 0.4) is 0 Å². The average Bonchev–Trinajstić information content (AvgIpc) is 2.89. The number of hydrogen-bond donors (Lipinski definition) is 1. The number of benzene rings is 1. The van der Waals surface area contributed by atoms with E-state index in [2.05, 4.69) is 46.1 Å². The number of imidazole rings is 1. The molecule has 1 aromatic heterocycles. The molecule has 0 atom stereocenters. The highest BCUT2D eigenvalue weighted by molar-refractivity contribution is 5.28. The number of anilines is 1. The summed E-state index contributed by atoms with van der Waals surface area (Å²) in [5.41, 5.74) is 2.57. The van der Waals surface area contributed by atoms with E-state index < -0.39 is 0 Å². The van der Waals surface area contributed by atoms with E-state index in [9.17, 15) is 0 Å². The molecule has 2 rings (SSSR count). The molecule has 0 amide bonds. The number of aryl methyl sites for hydroxylation is 1. The second kappa shape index (κ2) is 7.70. The van der Waals surface area contributed by atoms with Crippen LogP contribution in [0.1, 0.15) is 24.5 Å². The van der Waals surface area contributed by atoms with Crippen LogP contribution in [0.5, 0.6) is 0 Å². The summed E-state index contributed by atoms with van der Waals surface area (Å²) < 4.78 is 7.45. The summed E-state index contributed by atoms with van der Waals surface area (Å²) in [7, 11) is 0. The Kier molecular flexibility index (Phi) is 5.62. The summed E-state index contributed by atoms with van der Waals surface area (Å²) in [5, 5.41) is 3.36. The van der Waals surface area contributed by atoms with Crippen LogP contribution in [0.4, 0.5) is 5.95 Å². The largest absolute Gasteiger partial charge is 0.382 e. The van der Waals surface area contributed by atoms with E-state index in [1.54, 1.807) is 0 Å². The Labute approximate surface area is 120 Å². The molecule has 0 aliphatic heterocycles. The van der Waals surface area contributed by atoms with Gasteiger partial charge >= 0.3 is 0 Å². The lowest BCUT2D eigenvalue weighted by atomic mass is 10.1. The Morgan fingerprint density at radius 2 is 2.05 bits per heavy atom. The fourth-order valence-corrected chi connectivity index (χ4v) is 2.01. The quantitative estimate of drug-likeness (QED) is 0.751. The van der Waals surface area contributed by atoms with Crippen molar-refractivity contribution in [2.45, 2.75) is 26.8 Å². The highest BCUT2D eigenvalue weighted by Gasteiger charge is 2.02. The van der Waals surface area contributed by atoms with E-state index in [1.807, 2.05) is 19.3 Å². The van der Waals surface area contributed by atoms with E-state index >= 15 is 0 Å². The van der Waals surface area contributed by atoms with Crippen molar-refractivity contribution in [3.63, 3.8) is 0 Å². The maximum absolute atomic E-state index is 5.32. The summed E-state index contributed by atoms with van der Waals surface area (Å²) in [4.78, 5) is 4.36. The first-order valence-electron chi connectivity index (χ1n) is 7.18. The minimum Gasteiger partial charge on any atom is -0.382 e. The molecule has 0 radical (unpaired) electrons. The lowest BCUT2D eigenvalue weighted by Crippen LogP contribution is -2.11. The number of hydrogen-bond acceptors (Lipinski definition) is 3. The van der Waals surface area contributed by atoms with Crippen LogP contribution in [0, 0.1) is 6.92 Å². The average molecular weight is 273 g/mol. The molecule has 0 bridgehead atoms. The first-order chi connectivity index (χ1) is 9.79. The molecule has 0 unspecified atom stereocenters. The summed E-state index contributed by atoms with van der Waals surface area (Å²) in [6.07, 6.45) is 4.83. The molecule has 0 fully saturated rings. The van der Waals surface area contributed by atoms with Gasteiger partial charge in [-0.15, -0.1) is 0 Å². The normalized spacial score (nSPS) is 10.7. The Morgan fingerprint density at radius 3 is 2.80 bits per heavy atom. The first-order valence-corrected chi connectivity index (χ1v) is 7.18. The molecule has 4 heteroatoms. The molecule has 0 saturated heterocycles. The lowest BCUT2D eigenvalue weighted by molar-refractivity contribution is 0.147. The number of aromatic nitrogens is 2. The van der Waals surface area contributed by atoms with E-state index in [0.717, 1.165) is 38.7 Å².